The fraction of sp³-hybridized carbons (Fsp3) is 0.261. The van der Waals surface area contributed by atoms with Crippen LogP contribution in [0.15, 0.2) is 60.0 Å². The van der Waals surface area contributed by atoms with E-state index in [1.807, 2.05) is 31.4 Å². The van der Waals surface area contributed by atoms with E-state index in [2.05, 4.69) is 10.6 Å². The van der Waals surface area contributed by atoms with Crippen molar-refractivity contribution in [3.8, 4) is 11.5 Å². The number of rotatable bonds is 10. The summed E-state index contributed by atoms with van der Waals surface area (Å²) in [6, 6.07) is 15.4. The van der Waals surface area contributed by atoms with Gasteiger partial charge in [-0.25, -0.2) is 4.39 Å². The Morgan fingerprint density at radius 3 is 2.43 bits per heavy atom. The maximum Gasteiger partial charge on any atom is 0.238 e. The molecule has 0 saturated heterocycles. The maximum absolute atomic E-state index is 13.3. The molecule has 0 saturated carbocycles. The lowest BCUT2D eigenvalue weighted by molar-refractivity contribution is -0.115. The third kappa shape index (κ3) is 5.81. The van der Waals surface area contributed by atoms with Gasteiger partial charge >= 0.3 is 0 Å². The highest BCUT2D eigenvalue weighted by Gasteiger charge is 2.17. The van der Waals surface area contributed by atoms with Crippen molar-refractivity contribution in [2.75, 3.05) is 25.1 Å². The number of thiophene rings is 1. The smallest absolute Gasteiger partial charge is 0.238 e. The van der Waals surface area contributed by atoms with Crippen molar-refractivity contribution in [2.24, 2.45) is 0 Å². The Labute approximate surface area is 179 Å². The fourth-order valence-electron chi connectivity index (χ4n) is 3.02. The average molecular weight is 429 g/mol. The zero-order valence-electron chi connectivity index (χ0n) is 17.0. The van der Waals surface area contributed by atoms with Gasteiger partial charge < -0.3 is 14.8 Å². The summed E-state index contributed by atoms with van der Waals surface area (Å²) in [6.45, 7) is 4.92. The summed E-state index contributed by atoms with van der Waals surface area (Å²) < 4.78 is 24.5. The highest BCUT2D eigenvalue weighted by atomic mass is 32.1. The molecule has 2 N–H and O–H groups in total. The van der Waals surface area contributed by atoms with Gasteiger partial charge in [0.25, 0.3) is 0 Å². The van der Waals surface area contributed by atoms with Gasteiger partial charge in [0.05, 0.1) is 25.8 Å². The van der Waals surface area contributed by atoms with Crippen LogP contribution in [-0.2, 0) is 4.79 Å². The van der Waals surface area contributed by atoms with E-state index in [0.29, 0.717) is 30.4 Å². The molecular formula is C23H25FN2O3S. The Bertz CT molecular complexity index is 946. The number of hydrogen-bond donors (Lipinski definition) is 2. The molecule has 5 nitrogen and oxygen atoms in total. The van der Waals surface area contributed by atoms with Gasteiger partial charge in [-0.3, -0.25) is 10.1 Å². The second-order valence-electron chi connectivity index (χ2n) is 6.46. The number of benzene rings is 2. The monoisotopic (exact) mass is 428 g/mol. The van der Waals surface area contributed by atoms with E-state index in [1.165, 1.54) is 12.1 Å². The molecule has 0 spiro atoms. The van der Waals surface area contributed by atoms with Crippen molar-refractivity contribution in [3.63, 3.8) is 0 Å². The first kappa shape index (κ1) is 21.8. The van der Waals surface area contributed by atoms with Crippen molar-refractivity contribution in [1.29, 1.82) is 0 Å². The van der Waals surface area contributed by atoms with Crippen molar-refractivity contribution < 1.29 is 18.7 Å². The number of amides is 1. The van der Waals surface area contributed by atoms with E-state index in [-0.39, 0.29) is 24.3 Å². The van der Waals surface area contributed by atoms with Crippen LogP contribution in [0.1, 0.15) is 30.3 Å². The zero-order chi connectivity index (χ0) is 21.3. The average Bonchev–Trinajstić information content (AvgIpc) is 3.26. The lowest BCUT2D eigenvalue weighted by Crippen LogP contribution is -2.31. The molecule has 0 bridgehead atoms. The molecule has 158 valence electrons. The van der Waals surface area contributed by atoms with E-state index in [9.17, 15) is 9.18 Å². The van der Waals surface area contributed by atoms with Gasteiger partial charge in [0.2, 0.25) is 5.91 Å². The van der Waals surface area contributed by atoms with Crippen LogP contribution < -0.4 is 20.1 Å². The normalized spacial score (nSPS) is 11.7. The SMILES string of the molecule is CCOc1ccc(NC(=O)CNC(c2ccc(F)cc2)c2cccs2)cc1OCC. The lowest BCUT2D eigenvalue weighted by Gasteiger charge is -2.18. The standard InChI is InChI=1S/C23H25FN2O3S/c1-3-28-19-12-11-18(14-20(19)29-4-2)26-22(27)15-25-23(21-6-5-13-30-21)16-7-9-17(24)10-8-16/h5-14,23,25H,3-4,15H2,1-2H3,(H,26,27). The molecule has 0 fully saturated rings. The maximum atomic E-state index is 13.3. The first-order valence-corrected chi connectivity index (χ1v) is 10.7. The predicted molar refractivity (Wildman–Crippen MR) is 118 cm³/mol. The van der Waals surface area contributed by atoms with Gasteiger partial charge in [-0.05, 0) is 55.1 Å². The van der Waals surface area contributed by atoms with E-state index in [0.717, 1.165) is 10.4 Å². The molecule has 0 aliphatic carbocycles. The molecule has 1 heterocycles. The lowest BCUT2D eigenvalue weighted by atomic mass is 10.1. The Hall–Kier alpha value is -2.90. The van der Waals surface area contributed by atoms with Gasteiger partial charge in [-0.15, -0.1) is 11.3 Å². The number of carbonyl (C=O) groups is 1. The number of anilines is 1. The summed E-state index contributed by atoms with van der Waals surface area (Å²) in [5, 5.41) is 8.12. The van der Waals surface area contributed by atoms with E-state index < -0.39 is 0 Å². The van der Waals surface area contributed by atoms with Crippen LogP contribution in [0.25, 0.3) is 0 Å². The highest BCUT2D eigenvalue weighted by Crippen LogP contribution is 2.31. The largest absolute Gasteiger partial charge is 0.490 e. The summed E-state index contributed by atoms with van der Waals surface area (Å²) in [5.41, 5.74) is 1.52. The van der Waals surface area contributed by atoms with E-state index >= 15 is 0 Å². The number of halogens is 1. The molecule has 1 aromatic heterocycles. The molecule has 0 aliphatic heterocycles. The van der Waals surface area contributed by atoms with Crippen LogP contribution in [-0.4, -0.2) is 25.7 Å². The molecule has 1 amide bonds. The second-order valence-corrected chi connectivity index (χ2v) is 7.44. The number of carbonyl (C=O) groups excluding carboxylic acids is 1. The Balaban J connectivity index is 1.67. The molecule has 3 aromatic rings. The van der Waals surface area contributed by atoms with Crippen molar-refractivity contribution in [3.05, 3.63) is 76.2 Å². The van der Waals surface area contributed by atoms with E-state index in [1.54, 1.807) is 41.7 Å². The van der Waals surface area contributed by atoms with Crippen LogP contribution in [0, 0.1) is 5.82 Å². The molecular weight excluding hydrogens is 403 g/mol. The highest BCUT2D eigenvalue weighted by molar-refractivity contribution is 7.10. The Morgan fingerprint density at radius 2 is 1.77 bits per heavy atom. The van der Waals surface area contributed by atoms with Gasteiger partial charge in [0.1, 0.15) is 5.82 Å². The molecule has 0 aliphatic rings. The van der Waals surface area contributed by atoms with Crippen LogP contribution in [0.3, 0.4) is 0 Å². The van der Waals surface area contributed by atoms with Gasteiger partial charge in [-0.2, -0.15) is 0 Å². The first-order chi connectivity index (χ1) is 14.6. The summed E-state index contributed by atoms with van der Waals surface area (Å²) in [4.78, 5) is 13.6. The van der Waals surface area contributed by atoms with Crippen LogP contribution in [0.2, 0.25) is 0 Å². The van der Waals surface area contributed by atoms with Gasteiger partial charge in [0.15, 0.2) is 11.5 Å². The van der Waals surface area contributed by atoms with Crippen molar-refractivity contribution in [1.82, 2.24) is 5.32 Å². The third-order valence-corrected chi connectivity index (χ3v) is 5.26. The predicted octanol–water partition coefficient (Wildman–Crippen LogP) is 5.00. The second kappa shape index (κ2) is 10.8. The fourth-order valence-corrected chi connectivity index (χ4v) is 3.85. The number of ether oxygens (including phenoxy) is 2. The minimum Gasteiger partial charge on any atom is -0.490 e. The summed E-state index contributed by atoms with van der Waals surface area (Å²) in [5.74, 6) is 0.754. The number of hydrogen-bond acceptors (Lipinski definition) is 5. The molecule has 0 radical (unpaired) electrons. The minimum absolute atomic E-state index is 0.0944. The topological polar surface area (TPSA) is 59.6 Å². The van der Waals surface area contributed by atoms with Crippen LogP contribution in [0.4, 0.5) is 10.1 Å². The summed E-state index contributed by atoms with van der Waals surface area (Å²) in [6.07, 6.45) is 0. The van der Waals surface area contributed by atoms with Crippen LogP contribution >= 0.6 is 11.3 Å². The molecule has 7 heteroatoms. The summed E-state index contributed by atoms with van der Waals surface area (Å²) in [7, 11) is 0. The summed E-state index contributed by atoms with van der Waals surface area (Å²) >= 11 is 1.58. The third-order valence-electron chi connectivity index (χ3n) is 4.32. The zero-order valence-corrected chi connectivity index (χ0v) is 17.8. The molecule has 2 aromatic carbocycles. The quantitative estimate of drug-likeness (QED) is 0.477. The molecule has 3 rings (SSSR count). The van der Waals surface area contributed by atoms with Gasteiger partial charge in [0, 0.05) is 16.6 Å². The molecule has 1 atom stereocenters. The Kier molecular flexibility index (Phi) is 7.82. The minimum atomic E-state index is -0.290. The van der Waals surface area contributed by atoms with Gasteiger partial charge in [-0.1, -0.05) is 18.2 Å². The number of nitrogens with one attached hydrogen (secondary N) is 2. The Morgan fingerprint density at radius 1 is 1.03 bits per heavy atom. The molecule has 30 heavy (non-hydrogen) atoms. The first-order valence-electron chi connectivity index (χ1n) is 9.82. The van der Waals surface area contributed by atoms with E-state index in [4.69, 9.17) is 9.47 Å². The van der Waals surface area contributed by atoms with Crippen molar-refractivity contribution in [2.45, 2.75) is 19.9 Å². The molecule has 1 unspecified atom stereocenters. The van der Waals surface area contributed by atoms with Crippen molar-refractivity contribution >= 4 is 22.9 Å². The van der Waals surface area contributed by atoms with Crippen LogP contribution in [0.5, 0.6) is 11.5 Å².